The zero-order valence-corrected chi connectivity index (χ0v) is 18.9. The van der Waals surface area contributed by atoms with Crippen LogP contribution in [-0.4, -0.2) is 81.0 Å². The zero-order valence-electron chi connectivity index (χ0n) is 18.9. The van der Waals surface area contributed by atoms with Crippen LogP contribution in [0.4, 0.5) is 5.82 Å². The topological polar surface area (TPSA) is 76.1 Å². The molecule has 2 N–H and O–H groups in total. The summed E-state index contributed by atoms with van der Waals surface area (Å²) in [5.74, 6) is 1.76. The highest BCUT2D eigenvalue weighted by molar-refractivity contribution is 5.93. The second kappa shape index (κ2) is 10.8. The van der Waals surface area contributed by atoms with Crippen molar-refractivity contribution in [2.75, 3.05) is 59.3 Å². The Morgan fingerprint density at radius 2 is 1.68 bits per heavy atom. The lowest BCUT2D eigenvalue weighted by atomic mass is 10.1. The number of benzene rings is 1. The van der Waals surface area contributed by atoms with E-state index in [0.717, 1.165) is 43.5 Å². The summed E-state index contributed by atoms with van der Waals surface area (Å²) in [6.45, 7) is 5.42. The van der Waals surface area contributed by atoms with E-state index in [4.69, 9.17) is 0 Å². The standard InChI is InChI=1S/C23H33N7O/c1-24-23(26-16-18-5-7-20(8-6-18)22(31)28(2)3)27-17-19-9-10-25-21(15-19)30-13-11-29(4)12-14-30/h5-10,15H,11-14,16-17H2,1-4H3,(H2,24,26,27). The summed E-state index contributed by atoms with van der Waals surface area (Å²) in [6, 6.07) is 11.8. The van der Waals surface area contributed by atoms with Gasteiger partial charge in [-0.3, -0.25) is 9.79 Å². The van der Waals surface area contributed by atoms with Gasteiger partial charge in [-0.25, -0.2) is 4.98 Å². The van der Waals surface area contributed by atoms with Crippen molar-refractivity contribution in [1.82, 2.24) is 25.4 Å². The Kier molecular flexibility index (Phi) is 7.83. The van der Waals surface area contributed by atoms with Gasteiger partial charge < -0.3 is 25.3 Å². The number of hydrogen-bond acceptors (Lipinski definition) is 5. The molecule has 0 atom stereocenters. The molecule has 166 valence electrons. The maximum Gasteiger partial charge on any atom is 0.253 e. The first-order chi connectivity index (χ1) is 15.0. The minimum absolute atomic E-state index is 0.00489. The maximum absolute atomic E-state index is 12.0. The molecule has 0 bridgehead atoms. The minimum atomic E-state index is 0.00489. The van der Waals surface area contributed by atoms with E-state index in [0.29, 0.717) is 18.7 Å². The molecule has 2 heterocycles. The first kappa shape index (κ1) is 22.6. The first-order valence-corrected chi connectivity index (χ1v) is 10.6. The Morgan fingerprint density at radius 3 is 2.29 bits per heavy atom. The van der Waals surface area contributed by atoms with Crippen LogP contribution >= 0.6 is 0 Å². The Balaban J connectivity index is 1.51. The molecule has 31 heavy (non-hydrogen) atoms. The number of carbonyl (C=O) groups excluding carboxylic acids is 1. The normalized spacial score (nSPS) is 15.0. The van der Waals surface area contributed by atoms with Gasteiger partial charge in [-0.05, 0) is 42.4 Å². The van der Waals surface area contributed by atoms with E-state index in [2.05, 4.69) is 43.5 Å². The molecular formula is C23H33N7O. The monoisotopic (exact) mass is 423 g/mol. The highest BCUT2D eigenvalue weighted by Gasteiger charge is 2.15. The van der Waals surface area contributed by atoms with Gasteiger partial charge in [0.2, 0.25) is 0 Å². The average molecular weight is 424 g/mol. The van der Waals surface area contributed by atoms with Gasteiger partial charge in [-0.1, -0.05) is 12.1 Å². The predicted octanol–water partition coefficient (Wildman–Crippen LogP) is 1.40. The lowest BCUT2D eigenvalue weighted by molar-refractivity contribution is 0.0827. The molecule has 1 aliphatic rings. The number of nitrogens with zero attached hydrogens (tertiary/aromatic N) is 5. The fraction of sp³-hybridized carbons (Fsp3) is 0.435. The number of likely N-dealkylation sites (N-methyl/N-ethyl adjacent to an activating group) is 1. The van der Waals surface area contributed by atoms with E-state index in [1.165, 1.54) is 5.56 Å². The number of piperazine rings is 1. The lowest BCUT2D eigenvalue weighted by Gasteiger charge is -2.33. The van der Waals surface area contributed by atoms with Crippen LogP contribution in [0, 0.1) is 0 Å². The van der Waals surface area contributed by atoms with E-state index >= 15 is 0 Å². The van der Waals surface area contributed by atoms with E-state index in [1.807, 2.05) is 36.5 Å². The summed E-state index contributed by atoms with van der Waals surface area (Å²) in [5.41, 5.74) is 2.93. The third-order valence-electron chi connectivity index (χ3n) is 5.39. The summed E-state index contributed by atoms with van der Waals surface area (Å²) >= 11 is 0. The fourth-order valence-corrected chi connectivity index (χ4v) is 3.39. The minimum Gasteiger partial charge on any atom is -0.354 e. The molecule has 8 nitrogen and oxygen atoms in total. The van der Waals surface area contributed by atoms with Crippen LogP contribution in [0.3, 0.4) is 0 Å². The average Bonchev–Trinajstić information content (AvgIpc) is 2.79. The number of hydrogen-bond donors (Lipinski definition) is 2. The number of rotatable bonds is 6. The Bertz CT molecular complexity index is 887. The molecule has 1 saturated heterocycles. The number of guanidine groups is 1. The summed E-state index contributed by atoms with van der Waals surface area (Å²) in [7, 11) is 7.42. The number of anilines is 1. The highest BCUT2D eigenvalue weighted by Crippen LogP contribution is 2.14. The van der Waals surface area contributed by atoms with E-state index in [1.54, 1.807) is 26.0 Å². The van der Waals surface area contributed by atoms with Crippen molar-refractivity contribution in [3.63, 3.8) is 0 Å². The van der Waals surface area contributed by atoms with Gasteiger partial charge in [0.1, 0.15) is 5.82 Å². The Labute approximate surface area is 185 Å². The van der Waals surface area contributed by atoms with Crippen LogP contribution in [0.15, 0.2) is 47.6 Å². The van der Waals surface area contributed by atoms with Crippen LogP contribution in [-0.2, 0) is 13.1 Å². The quantitative estimate of drug-likeness (QED) is 0.540. The molecule has 2 aromatic rings. The Morgan fingerprint density at radius 1 is 1.03 bits per heavy atom. The summed E-state index contributed by atoms with van der Waals surface area (Å²) in [4.78, 5) is 27.1. The number of pyridine rings is 1. The van der Waals surface area contributed by atoms with Crippen molar-refractivity contribution in [2.45, 2.75) is 13.1 Å². The van der Waals surface area contributed by atoms with E-state index in [9.17, 15) is 4.79 Å². The number of carbonyl (C=O) groups is 1. The van der Waals surface area contributed by atoms with Crippen LogP contribution in [0.2, 0.25) is 0 Å². The number of amides is 1. The SMILES string of the molecule is CN=C(NCc1ccc(C(=O)N(C)C)cc1)NCc1ccnc(N2CCN(C)CC2)c1. The molecule has 0 aliphatic carbocycles. The molecule has 1 aromatic carbocycles. The van der Waals surface area contributed by atoms with Crippen molar-refractivity contribution in [3.05, 3.63) is 59.3 Å². The highest BCUT2D eigenvalue weighted by atomic mass is 16.2. The third-order valence-corrected chi connectivity index (χ3v) is 5.39. The van der Waals surface area contributed by atoms with Gasteiger partial charge in [0.05, 0.1) is 0 Å². The van der Waals surface area contributed by atoms with Crippen LogP contribution in [0.1, 0.15) is 21.5 Å². The molecule has 1 amide bonds. The summed E-state index contributed by atoms with van der Waals surface area (Å²) < 4.78 is 0. The van der Waals surface area contributed by atoms with Crippen molar-refractivity contribution >= 4 is 17.7 Å². The van der Waals surface area contributed by atoms with Crippen molar-refractivity contribution in [3.8, 4) is 0 Å². The summed E-state index contributed by atoms with van der Waals surface area (Å²) in [6.07, 6.45) is 1.87. The van der Waals surface area contributed by atoms with Gasteiger partial charge in [0, 0.05) is 72.2 Å². The molecule has 1 aromatic heterocycles. The third kappa shape index (κ3) is 6.42. The Hall–Kier alpha value is -3.13. The first-order valence-electron chi connectivity index (χ1n) is 10.6. The van der Waals surface area contributed by atoms with Crippen LogP contribution in [0.25, 0.3) is 0 Å². The smallest absolute Gasteiger partial charge is 0.253 e. The van der Waals surface area contributed by atoms with Gasteiger partial charge in [0.25, 0.3) is 5.91 Å². The second-order valence-electron chi connectivity index (χ2n) is 7.99. The van der Waals surface area contributed by atoms with Crippen LogP contribution in [0.5, 0.6) is 0 Å². The van der Waals surface area contributed by atoms with Crippen molar-refractivity contribution < 1.29 is 4.79 Å². The molecule has 3 rings (SSSR count). The zero-order chi connectivity index (χ0) is 22.2. The van der Waals surface area contributed by atoms with Crippen molar-refractivity contribution in [2.24, 2.45) is 4.99 Å². The predicted molar refractivity (Wildman–Crippen MR) is 125 cm³/mol. The summed E-state index contributed by atoms with van der Waals surface area (Å²) in [5, 5.41) is 6.68. The molecule has 0 saturated carbocycles. The molecule has 8 heteroatoms. The fourth-order valence-electron chi connectivity index (χ4n) is 3.39. The molecule has 0 radical (unpaired) electrons. The molecular weight excluding hydrogens is 390 g/mol. The second-order valence-corrected chi connectivity index (χ2v) is 7.99. The van der Waals surface area contributed by atoms with Gasteiger partial charge in [0.15, 0.2) is 5.96 Å². The number of nitrogens with one attached hydrogen (secondary N) is 2. The molecule has 1 fully saturated rings. The maximum atomic E-state index is 12.0. The van der Waals surface area contributed by atoms with E-state index < -0.39 is 0 Å². The lowest BCUT2D eigenvalue weighted by Crippen LogP contribution is -2.44. The molecule has 1 aliphatic heterocycles. The van der Waals surface area contributed by atoms with E-state index in [-0.39, 0.29) is 5.91 Å². The largest absolute Gasteiger partial charge is 0.354 e. The number of aromatic nitrogens is 1. The van der Waals surface area contributed by atoms with Crippen molar-refractivity contribution in [1.29, 1.82) is 0 Å². The van der Waals surface area contributed by atoms with Gasteiger partial charge in [-0.15, -0.1) is 0 Å². The number of aliphatic imine (C=N–C) groups is 1. The molecule has 0 spiro atoms. The van der Waals surface area contributed by atoms with Crippen LogP contribution < -0.4 is 15.5 Å². The molecule has 0 unspecified atom stereocenters. The van der Waals surface area contributed by atoms with Gasteiger partial charge in [-0.2, -0.15) is 0 Å². The van der Waals surface area contributed by atoms with Gasteiger partial charge >= 0.3 is 0 Å².